The van der Waals surface area contributed by atoms with Gasteiger partial charge in [0.15, 0.2) is 0 Å². The van der Waals surface area contributed by atoms with Gasteiger partial charge in [-0.3, -0.25) is 9.59 Å². The third kappa shape index (κ3) is 6.57. The predicted molar refractivity (Wildman–Crippen MR) is 102 cm³/mol. The fourth-order valence-electron chi connectivity index (χ4n) is 2.27. The molecule has 0 saturated heterocycles. The number of carbonyl (C=O) groups excluding carboxylic acids is 2. The van der Waals surface area contributed by atoms with E-state index in [9.17, 15) is 9.59 Å². The van der Waals surface area contributed by atoms with Crippen LogP contribution in [0.5, 0.6) is 11.5 Å². The molecule has 0 heterocycles. The van der Waals surface area contributed by atoms with Gasteiger partial charge >= 0.3 is 0 Å². The minimum atomic E-state index is -0.226. The number of ether oxygens (including phenoxy) is 1. The summed E-state index contributed by atoms with van der Waals surface area (Å²) in [5.74, 6) is 1.09. The van der Waals surface area contributed by atoms with Crippen molar-refractivity contribution in [1.29, 1.82) is 0 Å². The molecular weight excluding hydrogens is 330 g/mol. The summed E-state index contributed by atoms with van der Waals surface area (Å²) in [5.41, 5.74) is 0.659. The second-order valence-electron chi connectivity index (χ2n) is 6.23. The van der Waals surface area contributed by atoms with Crippen LogP contribution in [0, 0.1) is 0 Å². The van der Waals surface area contributed by atoms with Crippen LogP contribution in [0.15, 0.2) is 54.6 Å². The molecule has 0 unspecified atom stereocenters. The molecule has 2 aromatic rings. The predicted octanol–water partition coefficient (Wildman–Crippen LogP) is 2.83. The van der Waals surface area contributed by atoms with Crippen LogP contribution in [-0.4, -0.2) is 55.3 Å². The van der Waals surface area contributed by atoms with E-state index in [2.05, 4.69) is 5.32 Å². The molecule has 138 valence electrons. The van der Waals surface area contributed by atoms with Crippen LogP contribution in [0.4, 0.5) is 5.69 Å². The highest BCUT2D eigenvalue weighted by molar-refractivity contribution is 5.94. The maximum Gasteiger partial charge on any atom is 0.243 e. The third-order valence-corrected chi connectivity index (χ3v) is 3.71. The number of benzene rings is 2. The first-order chi connectivity index (χ1) is 12.4. The van der Waals surface area contributed by atoms with Gasteiger partial charge in [0.2, 0.25) is 11.8 Å². The molecule has 0 spiro atoms. The molecule has 6 heteroatoms. The number of amides is 2. The maximum atomic E-state index is 12.2. The Morgan fingerprint density at radius 1 is 0.923 bits per heavy atom. The summed E-state index contributed by atoms with van der Waals surface area (Å²) in [7, 11) is 3.86. The number of hydrogen-bond acceptors (Lipinski definition) is 4. The average molecular weight is 355 g/mol. The van der Waals surface area contributed by atoms with Gasteiger partial charge in [0, 0.05) is 25.7 Å². The second-order valence-corrected chi connectivity index (χ2v) is 6.23. The van der Waals surface area contributed by atoms with Gasteiger partial charge in [-0.2, -0.15) is 0 Å². The Kier molecular flexibility index (Phi) is 7.17. The molecule has 0 aliphatic rings. The Balaban J connectivity index is 1.89. The molecule has 0 atom stereocenters. The Hall–Kier alpha value is -2.86. The smallest absolute Gasteiger partial charge is 0.243 e. The number of hydrogen-bond donors (Lipinski definition) is 1. The second kappa shape index (κ2) is 9.58. The van der Waals surface area contributed by atoms with Crippen molar-refractivity contribution < 1.29 is 14.3 Å². The summed E-state index contributed by atoms with van der Waals surface area (Å²) >= 11 is 0. The fourth-order valence-corrected chi connectivity index (χ4v) is 2.27. The summed E-state index contributed by atoms with van der Waals surface area (Å²) in [6.07, 6.45) is 0. The van der Waals surface area contributed by atoms with Crippen molar-refractivity contribution in [1.82, 2.24) is 9.80 Å². The summed E-state index contributed by atoms with van der Waals surface area (Å²) in [6.45, 7) is 2.72. The molecule has 0 aromatic heterocycles. The summed E-state index contributed by atoms with van der Waals surface area (Å²) in [5, 5.41) is 2.80. The molecule has 2 amide bonds. The van der Waals surface area contributed by atoms with Crippen LogP contribution < -0.4 is 10.1 Å². The van der Waals surface area contributed by atoms with E-state index >= 15 is 0 Å². The normalized spacial score (nSPS) is 10.5. The molecule has 0 bridgehead atoms. The van der Waals surface area contributed by atoms with Crippen LogP contribution in [-0.2, 0) is 9.59 Å². The largest absolute Gasteiger partial charge is 0.457 e. The maximum absolute atomic E-state index is 12.2. The number of nitrogens with one attached hydrogen (secondary N) is 1. The van der Waals surface area contributed by atoms with Crippen LogP contribution in [0.2, 0.25) is 0 Å². The quantitative estimate of drug-likeness (QED) is 0.791. The Morgan fingerprint density at radius 2 is 1.54 bits per heavy atom. The van der Waals surface area contributed by atoms with E-state index in [1.807, 2.05) is 49.3 Å². The monoisotopic (exact) mass is 355 g/mol. The van der Waals surface area contributed by atoms with E-state index in [0.29, 0.717) is 24.5 Å². The summed E-state index contributed by atoms with van der Waals surface area (Å²) in [4.78, 5) is 27.4. The highest BCUT2D eigenvalue weighted by Gasteiger charge is 2.14. The molecule has 0 fully saturated rings. The van der Waals surface area contributed by atoms with Crippen molar-refractivity contribution >= 4 is 17.5 Å². The molecule has 0 aliphatic carbocycles. The number of anilines is 1. The third-order valence-electron chi connectivity index (χ3n) is 3.71. The SMILES string of the molecule is CC(=O)N(CCN(C)C)CC(=O)Nc1ccc(Oc2ccccc2)cc1. The fraction of sp³-hybridized carbons (Fsp3) is 0.300. The lowest BCUT2D eigenvalue weighted by Crippen LogP contribution is -2.40. The minimum Gasteiger partial charge on any atom is -0.457 e. The van der Waals surface area contributed by atoms with Crippen molar-refractivity contribution in [3.8, 4) is 11.5 Å². The Labute approximate surface area is 154 Å². The zero-order valence-corrected chi connectivity index (χ0v) is 15.4. The molecule has 6 nitrogen and oxygen atoms in total. The highest BCUT2D eigenvalue weighted by Crippen LogP contribution is 2.22. The zero-order chi connectivity index (χ0) is 18.9. The summed E-state index contributed by atoms with van der Waals surface area (Å²) < 4.78 is 5.72. The van der Waals surface area contributed by atoms with Crippen molar-refractivity contribution in [3.05, 3.63) is 54.6 Å². The first-order valence-electron chi connectivity index (χ1n) is 8.47. The van der Waals surface area contributed by atoms with Crippen molar-refractivity contribution in [2.24, 2.45) is 0 Å². The number of para-hydroxylation sites is 1. The lowest BCUT2D eigenvalue weighted by molar-refractivity contribution is -0.132. The van der Waals surface area contributed by atoms with Crippen LogP contribution >= 0.6 is 0 Å². The first-order valence-corrected chi connectivity index (χ1v) is 8.47. The highest BCUT2D eigenvalue weighted by atomic mass is 16.5. The minimum absolute atomic E-state index is 0.0332. The van der Waals surface area contributed by atoms with Crippen LogP contribution in [0.1, 0.15) is 6.92 Å². The van der Waals surface area contributed by atoms with Crippen LogP contribution in [0.3, 0.4) is 0 Å². The molecule has 1 N–H and O–H groups in total. The van der Waals surface area contributed by atoms with E-state index < -0.39 is 0 Å². The molecule has 26 heavy (non-hydrogen) atoms. The van der Waals surface area contributed by atoms with E-state index in [-0.39, 0.29) is 18.4 Å². The molecule has 0 aliphatic heterocycles. The summed E-state index contributed by atoms with van der Waals surface area (Å²) in [6, 6.07) is 16.6. The number of nitrogens with zero attached hydrogens (tertiary/aromatic N) is 2. The van der Waals surface area contributed by atoms with Crippen molar-refractivity contribution in [3.63, 3.8) is 0 Å². The molecule has 0 radical (unpaired) electrons. The Bertz CT molecular complexity index is 715. The van der Waals surface area contributed by atoms with Crippen LogP contribution in [0.25, 0.3) is 0 Å². The lowest BCUT2D eigenvalue weighted by Gasteiger charge is -2.22. The number of likely N-dealkylation sites (N-methyl/N-ethyl adjacent to an activating group) is 1. The van der Waals surface area contributed by atoms with Gasteiger partial charge in [-0.15, -0.1) is 0 Å². The first kappa shape index (κ1) is 19.5. The number of rotatable bonds is 8. The molecule has 2 rings (SSSR count). The number of carbonyl (C=O) groups is 2. The van der Waals surface area contributed by atoms with Gasteiger partial charge in [-0.05, 0) is 50.5 Å². The standard InChI is InChI=1S/C20H25N3O3/c1-16(24)23(14-13-22(2)3)15-20(25)21-17-9-11-19(12-10-17)26-18-7-5-4-6-8-18/h4-12H,13-15H2,1-3H3,(H,21,25). The van der Waals surface area contributed by atoms with Gasteiger partial charge in [-0.25, -0.2) is 0 Å². The van der Waals surface area contributed by atoms with Crippen molar-refractivity contribution in [2.45, 2.75) is 6.92 Å². The topological polar surface area (TPSA) is 61.9 Å². The zero-order valence-electron chi connectivity index (χ0n) is 15.4. The van der Waals surface area contributed by atoms with Gasteiger partial charge < -0.3 is 19.9 Å². The van der Waals surface area contributed by atoms with Gasteiger partial charge in [0.25, 0.3) is 0 Å². The van der Waals surface area contributed by atoms with Gasteiger partial charge in [0.05, 0.1) is 6.54 Å². The molecule has 0 saturated carbocycles. The van der Waals surface area contributed by atoms with E-state index in [4.69, 9.17) is 4.74 Å². The Morgan fingerprint density at radius 3 is 2.12 bits per heavy atom. The molecular formula is C20H25N3O3. The van der Waals surface area contributed by atoms with Crippen molar-refractivity contribution in [2.75, 3.05) is 39.0 Å². The average Bonchev–Trinajstić information content (AvgIpc) is 2.61. The van der Waals surface area contributed by atoms with E-state index in [1.165, 1.54) is 11.8 Å². The van der Waals surface area contributed by atoms with Gasteiger partial charge in [-0.1, -0.05) is 18.2 Å². The lowest BCUT2D eigenvalue weighted by atomic mass is 10.3. The molecule has 2 aromatic carbocycles. The van der Waals surface area contributed by atoms with E-state index in [1.54, 1.807) is 24.3 Å². The van der Waals surface area contributed by atoms with E-state index in [0.717, 1.165) is 5.75 Å². The van der Waals surface area contributed by atoms with Gasteiger partial charge in [0.1, 0.15) is 11.5 Å².